The number of nitrogens with zero attached hydrogens (tertiary/aromatic N) is 3. The molecule has 3 aromatic rings. The highest BCUT2D eigenvalue weighted by Gasteiger charge is 2.23. The smallest absolute Gasteiger partial charge is 0.264 e. The summed E-state index contributed by atoms with van der Waals surface area (Å²) in [6.07, 6.45) is 9.09. The Labute approximate surface area is 159 Å². The summed E-state index contributed by atoms with van der Waals surface area (Å²) < 4.78 is 3.45. The maximum atomic E-state index is 11.9. The Bertz CT molecular complexity index is 884. The molecule has 0 N–H and O–H groups in total. The van der Waals surface area contributed by atoms with E-state index in [1.807, 2.05) is 28.9 Å². The van der Waals surface area contributed by atoms with Crippen LogP contribution < -0.4 is 9.51 Å². The van der Waals surface area contributed by atoms with Crippen LogP contribution in [0.25, 0.3) is 5.65 Å². The fourth-order valence-corrected chi connectivity index (χ4v) is 4.45. The highest BCUT2D eigenvalue weighted by molar-refractivity contribution is 6.30. The predicted molar refractivity (Wildman–Crippen MR) is 100 cm³/mol. The van der Waals surface area contributed by atoms with Gasteiger partial charge in [-0.1, -0.05) is 29.8 Å². The first-order valence-corrected chi connectivity index (χ1v) is 9.88. The Kier molecular flexibility index (Phi) is 5.11. The molecular formula is C21H24ClN3O. The molecule has 0 radical (unpaired) electrons. The Morgan fingerprint density at radius 1 is 1.12 bits per heavy atom. The van der Waals surface area contributed by atoms with E-state index < -0.39 is 0 Å². The number of hydrogen-bond donors (Lipinski definition) is 0. The minimum Gasteiger partial charge on any atom is -0.817 e. The molecule has 2 heterocycles. The molecule has 0 bridgehead atoms. The van der Waals surface area contributed by atoms with Crippen molar-refractivity contribution in [3.8, 4) is 6.01 Å². The Morgan fingerprint density at radius 3 is 2.77 bits per heavy atom. The summed E-state index contributed by atoms with van der Waals surface area (Å²) in [5.41, 5.74) is 2.26. The summed E-state index contributed by atoms with van der Waals surface area (Å²) in [5, 5.41) is 16.9. The first kappa shape index (κ1) is 17.3. The zero-order chi connectivity index (χ0) is 17.9. The van der Waals surface area contributed by atoms with E-state index in [0.717, 1.165) is 29.6 Å². The summed E-state index contributed by atoms with van der Waals surface area (Å²) in [4.78, 5) is 0. The lowest BCUT2D eigenvalue weighted by Crippen LogP contribution is -2.23. The van der Waals surface area contributed by atoms with Gasteiger partial charge >= 0.3 is 0 Å². The second-order valence-corrected chi connectivity index (χ2v) is 7.79. The molecule has 0 spiro atoms. The molecule has 1 saturated carbocycles. The number of rotatable bonds is 5. The van der Waals surface area contributed by atoms with E-state index in [2.05, 4.69) is 23.3 Å². The topological polar surface area (TPSA) is 45.0 Å². The molecule has 2 aromatic heterocycles. The zero-order valence-electron chi connectivity index (χ0n) is 14.9. The highest BCUT2D eigenvalue weighted by atomic mass is 35.5. The number of fused-ring (bicyclic) bond motifs is 1. The van der Waals surface area contributed by atoms with Crippen LogP contribution >= 0.6 is 11.6 Å². The summed E-state index contributed by atoms with van der Waals surface area (Å²) in [5.74, 6) is 1.44. The average molecular weight is 370 g/mol. The van der Waals surface area contributed by atoms with E-state index in [1.54, 1.807) is 10.6 Å². The van der Waals surface area contributed by atoms with Gasteiger partial charge in [0.25, 0.3) is 5.65 Å². The molecule has 26 heavy (non-hydrogen) atoms. The number of aryl methyl sites for hydroxylation is 1. The van der Waals surface area contributed by atoms with Gasteiger partial charge in [0.05, 0.1) is 6.20 Å². The molecule has 4 rings (SSSR count). The van der Waals surface area contributed by atoms with E-state index in [-0.39, 0.29) is 6.01 Å². The largest absolute Gasteiger partial charge is 0.817 e. The summed E-state index contributed by atoms with van der Waals surface area (Å²) >= 11 is 6.13. The molecule has 1 fully saturated rings. The molecule has 0 aliphatic heterocycles. The molecule has 1 aliphatic carbocycles. The van der Waals surface area contributed by atoms with Gasteiger partial charge < -0.3 is 5.11 Å². The number of aromatic nitrogens is 3. The quantitative estimate of drug-likeness (QED) is 0.635. The maximum Gasteiger partial charge on any atom is 0.264 e. The van der Waals surface area contributed by atoms with Gasteiger partial charge in [0.2, 0.25) is 6.01 Å². The van der Waals surface area contributed by atoms with Crippen molar-refractivity contribution in [3.05, 3.63) is 59.2 Å². The summed E-state index contributed by atoms with van der Waals surface area (Å²) in [6.45, 7) is 0.809. The molecular weight excluding hydrogens is 346 g/mol. The van der Waals surface area contributed by atoms with Gasteiger partial charge in [0.1, 0.15) is 6.54 Å². The van der Waals surface area contributed by atoms with Gasteiger partial charge in [-0.15, -0.1) is 4.68 Å². The minimum absolute atomic E-state index is 0.192. The van der Waals surface area contributed by atoms with E-state index in [0.29, 0.717) is 5.92 Å². The molecule has 4 nitrogen and oxygen atoms in total. The summed E-state index contributed by atoms with van der Waals surface area (Å²) in [7, 11) is 0. The Balaban J connectivity index is 1.28. The molecule has 0 unspecified atom stereocenters. The second kappa shape index (κ2) is 7.67. The van der Waals surface area contributed by atoms with E-state index in [4.69, 9.17) is 11.6 Å². The van der Waals surface area contributed by atoms with Crippen LogP contribution in [0.3, 0.4) is 0 Å². The summed E-state index contributed by atoms with van der Waals surface area (Å²) in [6, 6.07) is 13.9. The van der Waals surface area contributed by atoms with Crippen molar-refractivity contribution in [2.75, 3.05) is 0 Å². The third kappa shape index (κ3) is 3.70. The van der Waals surface area contributed by atoms with E-state index in [1.165, 1.54) is 37.7 Å². The lowest BCUT2D eigenvalue weighted by atomic mass is 9.77. The number of pyridine rings is 1. The van der Waals surface area contributed by atoms with Crippen LogP contribution in [0.5, 0.6) is 6.01 Å². The standard InChI is InChI=1S/C21H24ClN3O/c22-19-7-3-6-18(15-19)17-11-9-16(10-12-17)5-4-14-25-20-8-1-2-13-24(20)21(26)23-25/h1-3,6-8,13,15-17H,4-5,9-12,14H2. The van der Waals surface area contributed by atoms with Crippen LogP contribution in [0, 0.1) is 5.92 Å². The van der Waals surface area contributed by atoms with Crippen molar-refractivity contribution in [2.24, 2.45) is 5.92 Å². The van der Waals surface area contributed by atoms with Crippen molar-refractivity contribution >= 4 is 17.2 Å². The highest BCUT2D eigenvalue weighted by Crippen LogP contribution is 2.38. The first-order valence-electron chi connectivity index (χ1n) is 9.50. The van der Waals surface area contributed by atoms with Gasteiger partial charge in [-0.05, 0) is 74.1 Å². The zero-order valence-corrected chi connectivity index (χ0v) is 15.6. The molecule has 0 atom stereocenters. The molecule has 0 amide bonds. The van der Waals surface area contributed by atoms with Crippen LogP contribution in [0.2, 0.25) is 5.02 Å². The van der Waals surface area contributed by atoms with Crippen molar-refractivity contribution in [3.63, 3.8) is 0 Å². The van der Waals surface area contributed by atoms with Crippen LogP contribution in [0.1, 0.15) is 50.0 Å². The van der Waals surface area contributed by atoms with Crippen LogP contribution in [-0.4, -0.2) is 9.78 Å². The Hall–Kier alpha value is -2.07. The van der Waals surface area contributed by atoms with Crippen molar-refractivity contribution in [2.45, 2.75) is 51.0 Å². The lowest BCUT2D eigenvalue weighted by molar-refractivity contribution is -0.586. The molecule has 5 heteroatoms. The van der Waals surface area contributed by atoms with Gasteiger partial charge in [-0.2, -0.15) is 0 Å². The molecule has 1 aromatic carbocycles. The van der Waals surface area contributed by atoms with Crippen molar-refractivity contribution in [1.29, 1.82) is 0 Å². The van der Waals surface area contributed by atoms with Crippen LogP contribution in [0.15, 0.2) is 48.7 Å². The lowest BCUT2D eigenvalue weighted by Gasteiger charge is -2.28. The van der Waals surface area contributed by atoms with Crippen molar-refractivity contribution < 1.29 is 9.51 Å². The third-order valence-corrected chi connectivity index (χ3v) is 5.90. The van der Waals surface area contributed by atoms with Gasteiger partial charge in [-0.3, -0.25) is 0 Å². The van der Waals surface area contributed by atoms with E-state index >= 15 is 0 Å². The second-order valence-electron chi connectivity index (χ2n) is 7.35. The SMILES string of the molecule is [O-]c1nn(CCCC2CCC(c3cccc(Cl)c3)CC2)c2cccc[n+]12. The fourth-order valence-electron chi connectivity index (χ4n) is 4.25. The van der Waals surface area contributed by atoms with Crippen molar-refractivity contribution in [1.82, 2.24) is 9.78 Å². The molecule has 1 aliphatic rings. The first-order chi connectivity index (χ1) is 12.7. The number of hydrogen-bond acceptors (Lipinski definition) is 2. The maximum absolute atomic E-state index is 11.9. The Morgan fingerprint density at radius 2 is 1.96 bits per heavy atom. The van der Waals surface area contributed by atoms with Gasteiger partial charge in [0, 0.05) is 16.2 Å². The average Bonchev–Trinajstić information content (AvgIpc) is 2.99. The third-order valence-electron chi connectivity index (χ3n) is 5.66. The normalized spacial score (nSPS) is 20.5. The van der Waals surface area contributed by atoms with Crippen LogP contribution in [-0.2, 0) is 6.54 Å². The predicted octanol–water partition coefficient (Wildman–Crippen LogP) is 4.10. The minimum atomic E-state index is -0.192. The van der Waals surface area contributed by atoms with E-state index in [9.17, 15) is 5.11 Å². The van der Waals surface area contributed by atoms with Gasteiger partial charge in [0.15, 0.2) is 0 Å². The van der Waals surface area contributed by atoms with Crippen LogP contribution in [0.4, 0.5) is 0 Å². The number of benzene rings is 1. The molecule has 136 valence electrons. The molecule has 0 saturated heterocycles. The number of halogens is 1. The monoisotopic (exact) mass is 369 g/mol. The van der Waals surface area contributed by atoms with Gasteiger partial charge in [-0.25, -0.2) is 4.40 Å². The fraction of sp³-hybridized carbons (Fsp3) is 0.429.